The summed E-state index contributed by atoms with van der Waals surface area (Å²) >= 11 is 2.34. The van der Waals surface area contributed by atoms with Crippen molar-refractivity contribution < 1.29 is 0 Å². The van der Waals surface area contributed by atoms with E-state index in [-0.39, 0.29) is 0 Å². The quantitative estimate of drug-likeness (QED) is 0.167. The second-order valence-corrected chi connectivity index (χ2v) is 8.64. The number of hydrogen-bond donors (Lipinski definition) is 1. The molecule has 5 aromatic rings. The van der Waals surface area contributed by atoms with Gasteiger partial charge in [-0.15, -0.1) is 0 Å². The number of nitrogens with zero attached hydrogens (tertiary/aromatic N) is 4. The molecule has 0 saturated carbocycles. The van der Waals surface area contributed by atoms with Gasteiger partial charge in [0, 0.05) is 39.3 Å². The van der Waals surface area contributed by atoms with Crippen LogP contribution in [0.15, 0.2) is 84.1 Å². The number of hydrazone groups is 1. The van der Waals surface area contributed by atoms with Crippen LogP contribution in [0.5, 0.6) is 0 Å². The van der Waals surface area contributed by atoms with E-state index in [4.69, 9.17) is 0 Å². The van der Waals surface area contributed by atoms with Gasteiger partial charge in [0.25, 0.3) is 0 Å². The number of benzene rings is 3. The van der Waals surface area contributed by atoms with Crippen LogP contribution in [-0.2, 0) is 13.1 Å². The lowest BCUT2D eigenvalue weighted by Crippen LogP contribution is -2.01. The van der Waals surface area contributed by atoms with Gasteiger partial charge in [-0.1, -0.05) is 42.5 Å². The third-order valence-electron chi connectivity index (χ3n) is 5.42. The minimum absolute atomic E-state index is 0.752. The van der Waals surface area contributed by atoms with Gasteiger partial charge in [0.15, 0.2) is 0 Å². The summed E-state index contributed by atoms with van der Waals surface area (Å²) in [7, 11) is 0. The summed E-state index contributed by atoms with van der Waals surface area (Å²) in [6, 6.07) is 25.2. The van der Waals surface area contributed by atoms with Crippen LogP contribution in [0.4, 0.5) is 5.95 Å². The summed E-state index contributed by atoms with van der Waals surface area (Å²) in [4.78, 5) is 4.68. The van der Waals surface area contributed by atoms with Crippen LogP contribution in [0, 0.1) is 3.57 Å². The average molecular weight is 519 g/mol. The molecule has 0 fully saturated rings. The number of imidazole rings is 1. The van der Waals surface area contributed by atoms with E-state index in [0.29, 0.717) is 0 Å². The summed E-state index contributed by atoms with van der Waals surface area (Å²) in [5.41, 5.74) is 8.77. The molecular weight excluding hydrogens is 497 g/mol. The van der Waals surface area contributed by atoms with Crippen LogP contribution in [0.3, 0.4) is 0 Å². The Balaban J connectivity index is 1.44. The minimum atomic E-state index is 0.752. The van der Waals surface area contributed by atoms with Crippen LogP contribution >= 0.6 is 22.6 Å². The topological polar surface area (TPSA) is 47.1 Å². The first-order valence-corrected chi connectivity index (χ1v) is 11.4. The number of hydrogen-bond acceptors (Lipinski definition) is 3. The standard InChI is InChI=1S/C25H22IN5/c1-2-31-24-10-6-4-8-22(24)28-25(31)29-27-15-19-17-30(23-9-5-3-7-21(19)23)16-18-11-13-20(26)14-12-18/h3-15,17H,2,16H2,1H3,(H,28,29)/b27-15-. The maximum absolute atomic E-state index is 4.68. The largest absolute Gasteiger partial charge is 0.342 e. The first-order chi connectivity index (χ1) is 15.2. The molecule has 0 amide bonds. The molecule has 0 aliphatic heterocycles. The fraction of sp³-hybridized carbons (Fsp3) is 0.120. The average Bonchev–Trinajstić information content (AvgIpc) is 3.33. The lowest BCUT2D eigenvalue weighted by atomic mass is 10.2. The van der Waals surface area contributed by atoms with E-state index in [1.807, 2.05) is 24.4 Å². The van der Waals surface area contributed by atoms with Crippen molar-refractivity contribution >= 4 is 56.7 Å². The second kappa shape index (κ2) is 8.55. The molecule has 154 valence electrons. The van der Waals surface area contributed by atoms with Gasteiger partial charge < -0.3 is 9.13 Å². The summed E-state index contributed by atoms with van der Waals surface area (Å²) in [5, 5.41) is 5.71. The number of anilines is 1. The van der Waals surface area contributed by atoms with E-state index < -0.39 is 0 Å². The van der Waals surface area contributed by atoms with Crippen LogP contribution < -0.4 is 5.43 Å². The normalized spacial score (nSPS) is 11.7. The molecule has 0 aliphatic rings. The third-order valence-corrected chi connectivity index (χ3v) is 6.14. The molecular formula is C25H22IN5. The zero-order chi connectivity index (χ0) is 21.2. The number of halogens is 1. The first-order valence-electron chi connectivity index (χ1n) is 10.3. The lowest BCUT2D eigenvalue weighted by Gasteiger charge is -2.05. The van der Waals surface area contributed by atoms with Gasteiger partial charge in [-0.25, -0.2) is 10.4 Å². The fourth-order valence-corrected chi connectivity index (χ4v) is 4.30. The Morgan fingerprint density at radius 3 is 2.52 bits per heavy atom. The number of para-hydroxylation sites is 3. The van der Waals surface area contributed by atoms with Crippen molar-refractivity contribution in [1.29, 1.82) is 0 Å². The molecule has 6 heteroatoms. The molecule has 5 rings (SSSR count). The van der Waals surface area contributed by atoms with E-state index in [9.17, 15) is 0 Å². The Kier molecular flexibility index (Phi) is 5.46. The molecule has 5 nitrogen and oxygen atoms in total. The highest BCUT2D eigenvalue weighted by Crippen LogP contribution is 2.22. The minimum Gasteiger partial charge on any atom is -0.342 e. The van der Waals surface area contributed by atoms with Crippen LogP contribution in [0.1, 0.15) is 18.1 Å². The van der Waals surface area contributed by atoms with E-state index in [1.165, 1.54) is 20.0 Å². The predicted octanol–water partition coefficient (Wildman–Crippen LogP) is 6.11. The summed E-state index contributed by atoms with van der Waals surface area (Å²) in [6.45, 7) is 3.76. The molecule has 0 spiro atoms. The Labute approximate surface area is 194 Å². The Morgan fingerprint density at radius 1 is 0.968 bits per heavy atom. The van der Waals surface area contributed by atoms with E-state index in [1.54, 1.807) is 0 Å². The molecule has 0 saturated heterocycles. The van der Waals surface area contributed by atoms with E-state index in [0.717, 1.165) is 35.6 Å². The molecule has 2 aromatic heterocycles. The van der Waals surface area contributed by atoms with Crippen molar-refractivity contribution in [3.05, 3.63) is 93.7 Å². The molecule has 0 unspecified atom stereocenters. The monoisotopic (exact) mass is 519 g/mol. The van der Waals surface area contributed by atoms with Gasteiger partial charge in [-0.2, -0.15) is 5.10 Å². The molecule has 0 aliphatic carbocycles. The number of aryl methyl sites for hydroxylation is 1. The lowest BCUT2D eigenvalue weighted by molar-refractivity contribution is 0.791. The molecule has 31 heavy (non-hydrogen) atoms. The molecule has 3 aromatic carbocycles. The second-order valence-electron chi connectivity index (χ2n) is 7.39. The fourth-order valence-electron chi connectivity index (χ4n) is 3.94. The molecule has 0 radical (unpaired) electrons. The summed E-state index contributed by atoms with van der Waals surface area (Å²) in [5.74, 6) is 0.752. The molecule has 0 atom stereocenters. The van der Waals surface area contributed by atoms with Gasteiger partial charge in [0.2, 0.25) is 5.95 Å². The predicted molar refractivity (Wildman–Crippen MR) is 137 cm³/mol. The number of nitrogens with one attached hydrogen (secondary N) is 1. The summed E-state index contributed by atoms with van der Waals surface area (Å²) < 4.78 is 5.66. The Hall–Kier alpha value is -3.13. The van der Waals surface area contributed by atoms with Gasteiger partial charge >= 0.3 is 0 Å². The SMILES string of the molecule is CCn1c(N/N=C\c2cn(Cc3ccc(I)cc3)c3ccccc23)nc2ccccc21. The van der Waals surface area contributed by atoms with Crippen LogP contribution in [0.25, 0.3) is 21.9 Å². The van der Waals surface area contributed by atoms with Crippen molar-refractivity contribution in [2.75, 3.05) is 5.43 Å². The molecule has 0 bridgehead atoms. The molecule has 1 N–H and O–H groups in total. The number of fused-ring (bicyclic) bond motifs is 2. The van der Waals surface area contributed by atoms with Crippen molar-refractivity contribution in [3.8, 4) is 0 Å². The van der Waals surface area contributed by atoms with Crippen LogP contribution in [0.2, 0.25) is 0 Å². The van der Waals surface area contributed by atoms with Crippen molar-refractivity contribution in [2.24, 2.45) is 5.10 Å². The highest BCUT2D eigenvalue weighted by molar-refractivity contribution is 14.1. The van der Waals surface area contributed by atoms with Crippen molar-refractivity contribution in [2.45, 2.75) is 20.0 Å². The van der Waals surface area contributed by atoms with Crippen molar-refractivity contribution in [3.63, 3.8) is 0 Å². The van der Waals surface area contributed by atoms with E-state index >= 15 is 0 Å². The Bertz CT molecular complexity index is 1380. The van der Waals surface area contributed by atoms with Gasteiger partial charge in [-0.05, 0) is 65.4 Å². The van der Waals surface area contributed by atoms with Crippen molar-refractivity contribution in [1.82, 2.24) is 14.1 Å². The highest BCUT2D eigenvalue weighted by atomic mass is 127. The number of rotatable bonds is 6. The Morgan fingerprint density at radius 2 is 1.71 bits per heavy atom. The van der Waals surface area contributed by atoms with Gasteiger partial charge in [-0.3, -0.25) is 0 Å². The zero-order valence-electron chi connectivity index (χ0n) is 17.2. The van der Waals surface area contributed by atoms with Gasteiger partial charge in [0.1, 0.15) is 0 Å². The maximum atomic E-state index is 4.68. The summed E-state index contributed by atoms with van der Waals surface area (Å²) in [6.07, 6.45) is 4.04. The van der Waals surface area contributed by atoms with Gasteiger partial charge in [0.05, 0.1) is 17.2 Å². The molecule has 2 heterocycles. The first kappa shape index (κ1) is 19.8. The maximum Gasteiger partial charge on any atom is 0.224 e. The third kappa shape index (κ3) is 3.95. The number of aromatic nitrogens is 3. The van der Waals surface area contributed by atoms with Crippen LogP contribution in [-0.4, -0.2) is 20.3 Å². The highest BCUT2D eigenvalue weighted by Gasteiger charge is 2.09. The zero-order valence-corrected chi connectivity index (χ0v) is 19.3. The van der Waals surface area contributed by atoms with E-state index in [2.05, 4.69) is 115 Å². The smallest absolute Gasteiger partial charge is 0.224 e.